The molecule has 2 aliphatic rings. The number of hydrogen-bond donors (Lipinski definition) is 2. The van der Waals surface area contributed by atoms with Gasteiger partial charge in [0.1, 0.15) is 17.9 Å². The van der Waals surface area contributed by atoms with E-state index in [4.69, 9.17) is 9.47 Å². The van der Waals surface area contributed by atoms with Crippen molar-refractivity contribution in [3.63, 3.8) is 0 Å². The van der Waals surface area contributed by atoms with Gasteiger partial charge in [0.05, 0.1) is 31.4 Å². The number of carbonyl (C=O) groups is 1. The van der Waals surface area contributed by atoms with Crippen LogP contribution >= 0.6 is 0 Å². The quantitative estimate of drug-likeness (QED) is 0.484. The molecule has 2 aliphatic heterocycles. The lowest BCUT2D eigenvalue weighted by molar-refractivity contribution is 0.200. The molecule has 0 saturated heterocycles. The second-order valence-electron chi connectivity index (χ2n) is 7.37. The molecule has 2 N–H and O–H groups in total. The summed E-state index contributed by atoms with van der Waals surface area (Å²) in [6.45, 7) is 0.313. The number of ether oxygens (including phenoxy) is 2. The van der Waals surface area contributed by atoms with Gasteiger partial charge in [0.15, 0.2) is 17.2 Å². The number of nitrogens with one attached hydrogen (secondary N) is 1. The molecular weight excluding hydrogens is 407 g/mol. The number of aromatic amines is 1. The van der Waals surface area contributed by atoms with Gasteiger partial charge in [-0.15, -0.1) is 10.2 Å². The molecule has 0 fully saturated rings. The zero-order valence-corrected chi connectivity index (χ0v) is 15.9. The first-order chi connectivity index (χ1) is 15.1. The average Bonchev–Trinajstić information content (AvgIpc) is 3.51. The highest BCUT2D eigenvalue weighted by Gasteiger charge is 2.35. The lowest BCUT2D eigenvalue weighted by Gasteiger charge is -2.23. The van der Waals surface area contributed by atoms with E-state index in [1.807, 2.05) is 0 Å². The van der Waals surface area contributed by atoms with Gasteiger partial charge in [-0.25, -0.2) is 9.18 Å². The van der Waals surface area contributed by atoms with Crippen LogP contribution in [-0.2, 0) is 6.54 Å². The monoisotopic (exact) mass is 422 g/mol. The van der Waals surface area contributed by atoms with Crippen LogP contribution in [0.5, 0.6) is 11.5 Å². The Labute approximate surface area is 173 Å². The Balaban J connectivity index is 1.62. The van der Waals surface area contributed by atoms with Crippen LogP contribution in [0, 0.1) is 5.82 Å². The van der Waals surface area contributed by atoms with Crippen molar-refractivity contribution in [2.75, 3.05) is 18.1 Å². The number of aromatic nitrogens is 5. The number of halogens is 1. The number of rotatable bonds is 1. The molecule has 3 aromatic heterocycles. The van der Waals surface area contributed by atoms with E-state index in [0.29, 0.717) is 40.6 Å². The van der Waals surface area contributed by atoms with Crippen LogP contribution in [0.1, 0.15) is 17.0 Å². The summed E-state index contributed by atoms with van der Waals surface area (Å²) >= 11 is 0. The number of anilines is 1. The number of pyridine rings is 1. The van der Waals surface area contributed by atoms with Crippen molar-refractivity contribution < 1.29 is 23.8 Å². The summed E-state index contributed by atoms with van der Waals surface area (Å²) in [6.07, 6.45) is 1.75. The maximum Gasteiger partial charge on any atom is 0.413 e. The summed E-state index contributed by atoms with van der Waals surface area (Å²) in [4.78, 5) is 13.4. The van der Waals surface area contributed by atoms with Gasteiger partial charge in [0.25, 0.3) is 0 Å². The van der Waals surface area contributed by atoms with Crippen molar-refractivity contribution in [3.05, 3.63) is 53.7 Å². The molecule has 6 rings (SSSR count). The van der Waals surface area contributed by atoms with Crippen LogP contribution in [0.4, 0.5) is 15.0 Å². The molecule has 156 valence electrons. The molecule has 1 aromatic carbocycles. The van der Waals surface area contributed by atoms with Gasteiger partial charge in [-0.05, 0) is 24.3 Å². The predicted molar refractivity (Wildman–Crippen MR) is 105 cm³/mol. The molecule has 31 heavy (non-hydrogen) atoms. The van der Waals surface area contributed by atoms with Gasteiger partial charge in [-0.1, -0.05) is 0 Å². The fourth-order valence-electron chi connectivity index (χ4n) is 4.26. The number of fused-ring (bicyclic) bond motifs is 3. The van der Waals surface area contributed by atoms with Gasteiger partial charge >= 0.3 is 6.09 Å². The standard InChI is InChI=1S/C20H15FN6O4/c21-13-1-2-15-17-10(7-30-15)8-31-16-5-11(14-3-4-22-24-14)18-25-23-9-27(18)19(16)26(20(28)29)6-12(13)17/h1-5,9-10H,6-8H2,(H,22,24)(H,28,29)/t10-/m0/s1. The minimum atomic E-state index is -1.26. The first kappa shape index (κ1) is 17.7. The Morgan fingerprint density at radius 2 is 2.06 bits per heavy atom. The van der Waals surface area contributed by atoms with E-state index in [1.165, 1.54) is 16.8 Å². The van der Waals surface area contributed by atoms with E-state index in [1.54, 1.807) is 24.4 Å². The second kappa shape index (κ2) is 6.42. The normalized spacial score (nSPS) is 17.2. The largest absolute Gasteiger partial charge is 0.493 e. The summed E-state index contributed by atoms with van der Waals surface area (Å²) in [5.74, 6) is 0.344. The van der Waals surface area contributed by atoms with Gasteiger partial charge in [-0.2, -0.15) is 5.10 Å². The molecule has 1 amide bonds. The van der Waals surface area contributed by atoms with Crippen molar-refractivity contribution in [3.8, 4) is 22.8 Å². The molecule has 0 radical (unpaired) electrons. The Morgan fingerprint density at radius 1 is 1.23 bits per heavy atom. The smallest absolute Gasteiger partial charge is 0.413 e. The molecule has 4 aromatic rings. The lowest BCUT2D eigenvalue weighted by atomic mass is 9.95. The van der Waals surface area contributed by atoms with Gasteiger partial charge in [0, 0.05) is 22.9 Å². The highest BCUT2D eigenvalue weighted by atomic mass is 19.1. The van der Waals surface area contributed by atoms with Crippen LogP contribution in [0.2, 0.25) is 0 Å². The zero-order valence-electron chi connectivity index (χ0n) is 15.9. The third-order valence-corrected chi connectivity index (χ3v) is 5.65. The molecule has 0 aliphatic carbocycles. The van der Waals surface area contributed by atoms with Crippen LogP contribution < -0.4 is 14.4 Å². The Bertz CT molecular complexity index is 1340. The number of carboxylic acid groups (broad SMARTS) is 1. The minimum absolute atomic E-state index is 0.194. The Kier molecular flexibility index (Phi) is 3.66. The number of nitrogens with zero attached hydrogens (tertiary/aromatic N) is 5. The van der Waals surface area contributed by atoms with E-state index in [9.17, 15) is 14.3 Å². The molecular formula is C20H15FN6O4. The van der Waals surface area contributed by atoms with Crippen molar-refractivity contribution in [1.29, 1.82) is 0 Å². The third kappa shape index (κ3) is 2.56. The lowest BCUT2D eigenvalue weighted by Crippen LogP contribution is -2.31. The molecule has 0 unspecified atom stereocenters. The summed E-state index contributed by atoms with van der Waals surface area (Å²) in [6, 6.07) is 6.33. The van der Waals surface area contributed by atoms with Gasteiger partial charge in [-0.3, -0.25) is 14.4 Å². The number of benzene rings is 1. The van der Waals surface area contributed by atoms with E-state index >= 15 is 0 Å². The predicted octanol–water partition coefficient (Wildman–Crippen LogP) is 2.81. The summed E-state index contributed by atoms with van der Waals surface area (Å²) in [7, 11) is 0. The van der Waals surface area contributed by atoms with Crippen LogP contribution in [0.15, 0.2) is 36.8 Å². The summed E-state index contributed by atoms with van der Waals surface area (Å²) < 4.78 is 28.2. The molecule has 0 saturated carbocycles. The van der Waals surface area contributed by atoms with E-state index in [-0.39, 0.29) is 30.5 Å². The summed E-state index contributed by atoms with van der Waals surface area (Å²) in [5.41, 5.74) is 2.65. The maximum absolute atomic E-state index is 14.9. The van der Waals surface area contributed by atoms with E-state index < -0.39 is 11.9 Å². The minimum Gasteiger partial charge on any atom is -0.493 e. The number of H-pyrrole nitrogens is 1. The fourth-order valence-corrected chi connectivity index (χ4v) is 4.26. The molecule has 10 nitrogen and oxygen atoms in total. The van der Waals surface area contributed by atoms with E-state index in [2.05, 4.69) is 20.4 Å². The molecule has 5 heterocycles. The van der Waals surface area contributed by atoms with Crippen molar-refractivity contribution in [2.24, 2.45) is 0 Å². The SMILES string of the molecule is O=C(O)N1Cc2c(F)ccc3c2[C@@H](CO3)COc2cc(-c3ccn[nH]3)c3nncn3c21. The Hall–Kier alpha value is -4.15. The molecule has 0 bridgehead atoms. The first-order valence-electron chi connectivity index (χ1n) is 9.55. The van der Waals surface area contributed by atoms with Crippen LogP contribution in [0.25, 0.3) is 16.9 Å². The van der Waals surface area contributed by atoms with Crippen molar-refractivity contribution in [1.82, 2.24) is 24.8 Å². The Morgan fingerprint density at radius 3 is 2.84 bits per heavy atom. The van der Waals surface area contributed by atoms with E-state index in [0.717, 1.165) is 4.90 Å². The zero-order chi connectivity index (χ0) is 21.1. The summed E-state index contributed by atoms with van der Waals surface area (Å²) in [5, 5.41) is 25.0. The first-order valence-corrected chi connectivity index (χ1v) is 9.55. The maximum atomic E-state index is 14.9. The molecule has 11 heteroatoms. The van der Waals surface area contributed by atoms with Crippen LogP contribution in [-0.4, -0.2) is 49.2 Å². The second-order valence-corrected chi connectivity index (χ2v) is 7.37. The highest BCUT2D eigenvalue weighted by Crippen LogP contribution is 2.43. The molecule has 0 spiro atoms. The van der Waals surface area contributed by atoms with Crippen LogP contribution in [0.3, 0.4) is 0 Å². The average molecular weight is 422 g/mol. The highest BCUT2D eigenvalue weighted by molar-refractivity contribution is 5.90. The topological polar surface area (TPSA) is 118 Å². The van der Waals surface area contributed by atoms with Gasteiger partial charge in [0.2, 0.25) is 0 Å². The molecule has 1 atom stereocenters. The fraction of sp³-hybridized carbons (Fsp3) is 0.200. The third-order valence-electron chi connectivity index (χ3n) is 5.65. The van der Waals surface area contributed by atoms with Crippen molar-refractivity contribution in [2.45, 2.75) is 12.5 Å². The van der Waals surface area contributed by atoms with Crippen molar-refractivity contribution >= 4 is 17.6 Å². The number of amides is 1. The van der Waals surface area contributed by atoms with Gasteiger partial charge < -0.3 is 14.6 Å². The number of hydrogen-bond acceptors (Lipinski definition) is 6.